The third-order valence-electron chi connectivity index (χ3n) is 3.71. The van der Waals surface area contributed by atoms with Gasteiger partial charge in [-0.2, -0.15) is 0 Å². The van der Waals surface area contributed by atoms with Crippen LogP contribution >= 0.6 is 0 Å². The van der Waals surface area contributed by atoms with Crippen molar-refractivity contribution in [1.82, 2.24) is 5.32 Å². The lowest BCUT2D eigenvalue weighted by Gasteiger charge is -2.45. The van der Waals surface area contributed by atoms with Crippen LogP contribution in [0.2, 0.25) is 0 Å². The molecule has 0 aromatic rings. The Hall–Kier alpha value is -0.830. The Morgan fingerprint density at radius 2 is 1.78 bits per heavy atom. The van der Waals surface area contributed by atoms with E-state index in [-0.39, 0.29) is 0 Å². The standard InChI is InChI=1S/C15H27NO2/c1-11(13(17)18)6-7-16-12-8-14(2,3)10-15(4,5)9-12/h6,12,16H,7-10H2,1-5H3,(H,17,18). The fourth-order valence-electron chi connectivity index (χ4n) is 3.46. The Balaban J connectivity index is 2.52. The molecule has 1 fully saturated rings. The van der Waals surface area contributed by atoms with E-state index in [1.807, 2.05) is 0 Å². The number of hydrogen-bond acceptors (Lipinski definition) is 2. The molecule has 0 saturated heterocycles. The van der Waals surface area contributed by atoms with Gasteiger partial charge in [-0.15, -0.1) is 0 Å². The minimum Gasteiger partial charge on any atom is -0.478 e. The predicted molar refractivity (Wildman–Crippen MR) is 74.6 cm³/mol. The van der Waals surface area contributed by atoms with Crippen LogP contribution in [-0.2, 0) is 4.79 Å². The van der Waals surface area contributed by atoms with E-state index in [1.54, 1.807) is 13.0 Å². The molecule has 0 radical (unpaired) electrons. The Labute approximate surface area is 111 Å². The quantitative estimate of drug-likeness (QED) is 0.756. The highest BCUT2D eigenvalue weighted by atomic mass is 16.4. The van der Waals surface area contributed by atoms with E-state index in [0.717, 1.165) is 12.8 Å². The molecule has 1 saturated carbocycles. The molecule has 0 bridgehead atoms. The Kier molecular flexibility index (Phi) is 4.60. The molecule has 104 valence electrons. The maximum absolute atomic E-state index is 10.7. The Morgan fingerprint density at radius 1 is 1.28 bits per heavy atom. The van der Waals surface area contributed by atoms with Crippen LogP contribution in [0.5, 0.6) is 0 Å². The first-order valence-electron chi connectivity index (χ1n) is 6.75. The summed E-state index contributed by atoms with van der Waals surface area (Å²) in [4.78, 5) is 10.7. The fourth-order valence-corrected chi connectivity index (χ4v) is 3.46. The predicted octanol–water partition coefficient (Wildman–Crippen LogP) is 3.21. The van der Waals surface area contributed by atoms with Gasteiger partial charge in [0.15, 0.2) is 0 Å². The van der Waals surface area contributed by atoms with Gasteiger partial charge in [0, 0.05) is 18.2 Å². The topological polar surface area (TPSA) is 49.3 Å². The number of nitrogens with one attached hydrogen (secondary N) is 1. The van der Waals surface area contributed by atoms with Gasteiger partial charge in [0.2, 0.25) is 0 Å². The molecule has 1 aliphatic carbocycles. The van der Waals surface area contributed by atoms with Crippen molar-refractivity contribution in [2.75, 3.05) is 6.54 Å². The average Bonchev–Trinajstić information content (AvgIpc) is 2.11. The molecular formula is C15H27NO2. The van der Waals surface area contributed by atoms with E-state index in [2.05, 4.69) is 33.0 Å². The maximum atomic E-state index is 10.7. The van der Waals surface area contributed by atoms with Crippen LogP contribution in [-0.4, -0.2) is 23.7 Å². The number of carbonyl (C=O) groups is 1. The van der Waals surface area contributed by atoms with Crippen LogP contribution in [0.1, 0.15) is 53.9 Å². The van der Waals surface area contributed by atoms with E-state index < -0.39 is 5.97 Å². The van der Waals surface area contributed by atoms with Crippen molar-refractivity contribution in [2.24, 2.45) is 10.8 Å². The molecule has 2 N–H and O–H groups in total. The molecule has 3 nitrogen and oxygen atoms in total. The Morgan fingerprint density at radius 3 is 2.22 bits per heavy atom. The molecule has 0 atom stereocenters. The summed E-state index contributed by atoms with van der Waals surface area (Å²) in [6.45, 7) is 11.6. The number of rotatable bonds is 4. The van der Waals surface area contributed by atoms with Gasteiger partial charge < -0.3 is 10.4 Å². The second-order valence-electron chi connectivity index (χ2n) is 7.21. The molecular weight excluding hydrogens is 226 g/mol. The molecule has 0 amide bonds. The minimum atomic E-state index is -0.832. The van der Waals surface area contributed by atoms with Crippen LogP contribution in [0.3, 0.4) is 0 Å². The second kappa shape index (κ2) is 5.43. The average molecular weight is 253 g/mol. The first-order chi connectivity index (χ1) is 8.11. The summed E-state index contributed by atoms with van der Waals surface area (Å²) < 4.78 is 0. The van der Waals surface area contributed by atoms with Gasteiger partial charge in [0.1, 0.15) is 0 Å². The van der Waals surface area contributed by atoms with Crippen molar-refractivity contribution in [3.05, 3.63) is 11.6 Å². The summed E-state index contributed by atoms with van der Waals surface area (Å²) >= 11 is 0. The largest absolute Gasteiger partial charge is 0.478 e. The number of hydrogen-bond donors (Lipinski definition) is 2. The highest BCUT2D eigenvalue weighted by Crippen LogP contribution is 2.45. The lowest BCUT2D eigenvalue weighted by atomic mass is 9.63. The van der Waals surface area contributed by atoms with Crippen LogP contribution in [0.25, 0.3) is 0 Å². The number of aliphatic carboxylic acids is 1. The molecule has 3 heteroatoms. The van der Waals surface area contributed by atoms with Crippen molar-refractivity contribution in [1.29, 1.82) is 0 Å². The van der Waals surface area contributed by atoms with E-state index >= 15 is 0 Å². The van der Waals surface area contributed by atoms with E-state index in [0.29, 0.717) is 29.0 Å². The zero-order valence-electron chi connectivity index (χ0n) is 12.3. The molecule has 0 aromatic heterocycles. The molecule has 0 aromatic carbocycles. The van der Waals surface area contributed by atoms with Crippen LogP contribution in [0.4, 0.5) is 0 Å². The maximum Gasteiger partial charge on any atom is 0.330 e. The lowest BCUT2D eigenvalue weighted by molar-refractivity contribution is -0.132. The van der Waals surface area contributed by atoms with Gasteiger partial charge in [0.05, 0.1) is 0 Å². The molecule has 0 spiro atoms. The smallest absolute Gasteiger partial charge is 0.330 e. The highest BCUT2D eigenvalue weighted by Gasteiger charge is 2.37. The van der Waals surface area contributed by atoms with Crippen molar-refractivity contribution in [3.8, 4) is 0 Å². The Bertz CT molecular complexity index is 326. The third-order valence-corrected chi connectivity index (χ3v) is 3.71. The SMILES string of the molecule is CC(=CCNC1CC(C)(C)CC(C)(C)C1)C(=O)O. The van der Waals surface area contributed by atoms with E-state index in [9.17, 15) is 4.79 Å². The van der Waals surface area contributed by atoms with Crippen LogP contribution in [0.15, 0.2) is 11.6 Å². The zero-order valence-corrected chi connectivity index (χ0v) is 12.3. The summed E-state index contributed by atoms with van der Waals surface area (Å²) in [7, 11) is 0. The summed E-state index contributed by atoms with van der Waals surface area (Å²) in [5, 5.41) is 12.3. The number of carboxylic acids is 1. The molecule has 0 unspecified atom stereocenters. The summed E-state index contributed by atoms with van der Waals surface area (Å²) in [5.41, 5.74) is 1.15. The minimum absolute atomic E-state index is 0.366. The summed E-state index contributed by atoms with van der Waals surface area (Å²) in [5.74, 6) is -0.832. The third kappa shape index (κ3) is 4.81. The normalized spacial score (nSPS) is 23.9. The second-order valence-corrected chi connectivity index (χ2v) is 7.21. The van der Waals surface area contributed by atoms with Crippen molar-refractivity contribution in [2.45, 2.75) is 59.9 Å². The zero-order chi connectivity index (χ0) is 14.0. The first kappa shape index (κ1) is 15.2. The van der Waals surface area contributed by atoms with Gasteiger partial charge in [-0.3, -0.25) is 0 Å². The molecule has 18 heavy (non-hydrogen) atoms. The summed E-state index contributed by atoms with van der Waals surface area (Å²) in [6.07, 6.45) is 5.34. The van der Waals surface area contributed by atoms with Crippen LogP contribution in [0, 0.1) is 10.8 Å². The molecule has 1 rings (SSSR count). The fraction of sp³-hybridized carbons (Fsp3) is 0.800. The highest BCUT2D eigenvalue weighted by molar-refractivity contribution is 5.85. The van der Waals surface area contributed by atoms with Gasteiger partial charge in [-0.1, -0.05) is 33.8 Å². The summed E-state index contributed by atoms with van der Waals surface area (Å²) in [6, 6.07) is 0.488. The van der Waals surface area contributed by atoms with E-state index in [4.69, 9.17) is 5.11 Å². The molecule has 0 heterocycles. The lowest BCUT2D eigenvalue weighted by Crippen LogP contribution is -2.44. The van der Waals surface area contributed by atoms with Gasteiger partial charge in [0.25, 0.3) is 0 Å². The van der Waals surface area contributed by atoms with Crippen molar-refractivity contribution in [3.63, 3.8) is 0 Å². The molecule has 1 aliphatic rings. The van der Waals surface area contributed by atoms with Crippen molar-refractivity contribution >= 4 is 5.97 Å². The van der Waals surface area contributed by atoms with Gasteiger partial charge >= 0.3 is 5.97 Å². The monoisotopic (exact) mass is 253 g/mol. The van der Waals surface area contributed by atoms with Crippen molar-refractivity contribution < 1.29 is 9.90 Å². The van der Waals surface area contributed by atoms with Gasteiger partial charge in [-0.25, -0.2) is 4.79 Å². The van der Waals surface area contributed by atoms with E-state index in [1.165, 1.54) is 6.42 Å². The van der Waals surface area contributed by atoms with Gasteiger partial charge in [-0.05, 0) is 37.0 Å². The molecule has 0 aliphatic heterocycles. The first-order valence-corrected chi connectivity index (χ1v) is 6.75. The van der Waals surface area contributed by atoms with Crippen LogP contribution < -0.4 is 5.32 Å². The number of carboxylic acid groups (broad SMARTS) is 1.